The molecule has 2 aromatic heterocycles. The van der Waals surface area contributed by atoms with Crippen molar-refractivity contribution in [1.82, 2.24) is 9.97 Å². The molecule has 0 aliphatic heterocycles. The molecule has 0 aliphatic carbocycles. The van der Waals surface area contributed by atoms with E-state index in [1.807, 2.05) is 19.1 Å². The van der Waals surface area contributed by atoms with E-state index in [2.05, 4.69) is 15.3 Å². The van der Waals surface area contributed by atoms with Gasteiger partial charge >= 0.3 is 0 Å². The maximum Gasteiger partial charge on any atom is 0.158 e. The summed E-state index contributed by atoms with van der Waals surface area (Å²) in [5.41, 5.74) is 5.76. The third kappa shape index (κ3) is 4.63. The molecule has 0 saturated carbocycles. The highest BCUT2D eigenvalue weighted by Gasteiger charge is 2.03. The Hall–Kier alpha value is -1.37. The van der Waals surface area contributed by atoms with Gasteiger partial charge in [0, 0.05) is 24.1 Å². The van der Waals surface area contributed by atoms with Crippen molar-refractivity contribution in [2.75, 3.05) is 24.2 Å². The Morgan fingerprint density at radius 1 is 1.40 bits per heavy atom. The summed E-state index contributed by atoms with van der Waals surface area (Å²) in [5, 5.41) is 3.24. The Morgan fingerprint density at radius 3 is 2.95 bits per heavy atom. The van der Waals surface area contributed by atoms with Crippen LogP contribution in [0.4, 0.5) is 11.6 Å². The SMILES string of the molecule is CCOCc1nc(N)cc(NCCc2ccc(Cl)s2)n1. The lowest BCUT2D eigenvalue weighted by molar-refractivity contribution is 0.128. The molecule has 7 heteroatoms. The number of hydrogen-bond acceptors (Lipinski definition) is 6. The molecule has 2 heterocycles. The van der Waals surface area contributed by atoms with Crippen molar-refractivity contribution in [3.63, 3.8) is 0 Å². The van der Waals surface area contributed by atoms with Crippen LogP contribution in [0.2, 0.25) is 4.34 Å². The van der Waals surface area contributed by atoms with Gasteiger partial charge in [0.05, 0.1) is 4.34 Å². The highest BCUT2D eigenvalue weighted by molar-refractivity contribution is 7.16. The first kappa shape index (κ1) is 15.0. The molecule has 0 bridgehead atoms. The summed E-state index contributed by atoms with van der Waals surface area (Å²) < 4.78 is 6.10. The molecule has 0 atom stereocenters. The van der Waals surface area contributed by atoms with Crippen molar-refractivity contribution in [2.45, 2.75) is 20.0 Å². The molecular formula is C13H17ClN4OS. The lowest BCUT2D eigenvalue weighted by Gasteiger charge is -2.08. The molecule has 2 aromatic rings. The number of ether oxygens (including phenoxy) is 1. The van der Waals surface area contributed by atoms with E-state index in [4.69, 9.17) is 22.1 Å². The van der Waals surface area contributed by atoms with Crippen LogP contribution in [0, 0.1) is 0 Å². The number of nitrogen functional groups attached to an aromatic ring is 1. The molecule has 0 aliphatic rings. The fourth-order valence-corrected chi connectivity index (χ4v) is 2.75. The zero-order valence-electron chi connectivity index (χ0n) is 11.2. The average molecular weight is 313 g/mol. The monoisotopic (exact) mass is 312 g/mol. The highest BCUT2D eigenvalue weighted by atomic mass is 35.5. The third-order valence-electron chi connectivity index (χ3n) is 2.53. The van der Waals surface area contributed by atoms with E-state index in [9.17, 15) is 0 Å². The Kier molecular flexibility index (Phi) is 5.58. The number of halogens is 1. The van der Waals surface area contributed by atoms with E-state index in [1.165, 1.54) is 4.88 Å². The van der Waals surface area contributed by atoms with Gasteiger partial charge in [0.25, 0.3) is 0 Å². The number of rotatable bonds is 7. The Balaban J connectivity index is 1.89. The van der Waals surface area contributed by atoms with Gasteiger partial charge in [0.1, 0.15) is 18.2 Å². The van der Waals surface area contributed by atoms with E-state index >= 15 is 0 Å². The molecule has 0 radical (unpaired) electrons. The quantitative estimate of drug-likeness (QED) is 0.822. The first-order valence-electron chi connectivity index (χ1n) is 6.36. The number of anilines is 2. The van der Waals surface area contributed by atoms with Crippen LogP contribution in [0.25, 0.3) is 0 Å². The highest BCUT2D eigenvalue weighted by Crippen LogP contribution is 2.21. The molecule has 108 valence electrons. The lowest BCUT2D eigenvalue weighted by atomic mass is 10.3. The largest absolute Gasteiger partial charge is 0.384 e. The van der Waals surface area contributed by atoms with E-state index in [0.717, 1.165) is 23.1 Å². The summed E-state index contributed by atoms with van der Waals surface area (Å²) in [6, 6.07) is 5.66. The summed E-state index contributed by atoms with van der Waals surface area (Å²) >= 11 is 7.48. The molecule has 0 unspecified atom stereocenters. The van der Waals surface area contributed by atoms with Crippen LogP contribution in [-0.4, -0.2) is 23.1 Å². The van der Waals surface area contributed by atoms with Gasteiger partial charge < -0.3 is 15.8 Å². The van der Waals surface area contributed by atoms with Crippen molar-refractivity contribution in [1.29, 1.82) is 0 Å². The topological polar surface area (TPSA) is 73.1 Å². The standard InChI is InChI=1S/C13H17ClN4OS/c1-2-19-8-13-17-11(15)7-12(18-13)16-6-5-9-3-4-10(14)20-9/h3-4,7H,2,5-6,8H2,1H3,(H3,15,16,17,18). The second-order valence-corrected chi connectivity index (χ2v) is 5.91. The van der Waals surface area contributed by atoms with Crippen molar-refractivity contribution in [2.24, 2.45) is 0 Å². The molecule has 3 N–H and O–H groups in total. The molecule has 5 nitrogen and oxygen atoms in total. The minimum absolute atomic E-state index is 0.372. The second-order valence-electron chi connectivity index (χ2n) is 4.11. The average Bonchev–Trinajstić information content (AvgIpc) is 2.81. The lowest BCUT2D eigenvalue weighted by Crippen LogP contribution is -2.09. The van der Waals surface area contributed by atoms with Gasteiger partial charge in [-0.3, -0.25) is 0 Å². The number of hydrogen-bond donors (Lipinski definition) is 2. The summed E-state index contributed by atoms with van der Waals surface area (Å²) in [5.74, 6) is 1.75. The minimum atomic E-state index is 0.372. The predicted octanol–water partition coefficient (Wildman–Crippen LogP) is 2.96. The number of nitrogens with one attached hydrogen (secondary N) is 1. The molecule has 2 rings (SSSR count). The van der Waals surface area contributed by atoms with Gasteiger partial charge in [-0.15, -0.1) is 11.3 Å². The van der Waals surface area contributed by atoms with Crippen molar-refractivity contribution < 1.29 is 4.74 Å². The Morgan fingerprint density at radius 2 is 2.25 bits per heavy atom. The number of aromatic nitrogens is 2. The van der Waals surface area contributed by atoms with Crippen LogP contribution in [0.1, 0.15) is 17.6 Å². The predicted molar refractivity (Wildman–Crippen MR) is 83.3 cm³/mol. The zero-order valence-corrected chi connectivity index (χ0v) is 12.8. The molecule has 0 fully saturated rings. The summed E-state index contributed by atoms with van der Waals surface area (Å²) in [6.45, 7) is 3.69. The van der Waals surface area contributed by atoms with Crippen LogP contribution in [-0.2, 0) is 17.8 Å². The van der Waals surface area contributed by atoms with Crippen LogP contribution >= 0.6 is 22.9 Å². The first-order chi connectivity index (χ1) is 9.67. The van der Waals surface area contributed by atoms with Gasteiger partial charge in [-0.25, -0.2) is 9.97 Å². The van der Waals surface area contributed by atoms with Crippen molar-refractivity contribution >= 4 is 34.6 Å². The molecule has 0 amide bonds. The van der Waals surface area contributed by atoms with E-state index < -0.39 is 0 Å². The summed E-state index contributed by atoms with van der Waals surface area (Å²) in [7, 11) is 0. The first-order valence-corrected chi connectivity index (χ1v) is 7.56. The van der Waals surface area contributed by atoms with Gasteiger partial charge in [0.2, 0.25) is 0 Å². The minimum Gasteiger partial charge on any atom is -0.384 e. The third-order valence-corrected chi connectivity index (χ3v) is 3.82. The van der Waals surface area contributed by atoms with E-state index in [1.54, 1.807) is 17.4 Å². The number of nitrogens with zero attached hydrogens (tertiary/aromatic N) is 2. The summed E-state index contributed by atoms with van der Waals surface area (Å²) in [4.78, 5) is 9.72. The van der Waals surface area contributed by atoms with Gasteiger partial charge in [-0.1, -0.05) is 11.6 Å². The number of nitrogens with two attached hydrogens (primary N) is 1. The zero-order chi connectivity index (χ0) is 14.4. The number of thiophene rings is 1. The maximum atomic E-state index is 5.89. The summed E-state index contributed by atoms with van der Waals surface area (Å²) in [6.07, 6.45) is 0.891. The molecule has 0 saturated heterocycles. The fraction of sp³-hybridized carbons (Fsp3) is 0.385. The smallest absolute Gasteiger partial charge is 0.158 e. The van der Waals surface area contributed by atoms with Crippen LogP contribution in [0.15, 0.2) is 18.2 Å². The molecule has 0 spiro atoms. The Bertz CT molecular complexity index is 561. The van der Waals surface area contributed by atoms with E-state index in [-0.39, 0.29) is 0 Å². The van der Waals surface area contributed by atoms with E-state index in [0.29, 0.717) is 24.9 Å². The molecule has 0 aromatic carbocycles. The molecule has 20 heavy (non-hydrogen) atoms. The van der Waals surface area contributed by atoms with Gasteiger partial charge in [-0.2, -0.15) is 0 Å². The van der Waals surface area contributed by atoms with Crippen molar-refractivity contribution in [3.05, 3.63) is 33.2 Å². The second kappa shape index (κ2) is 7.42. The molecular weight excluding hydrogens is 296 g/mol. The van der Waals surface area contributed by atoms with Crippen LogP contribution < -0.4 is 11.1 Å². The van der Waals surface area contributed by atoms with Crippen LogP contribution in [0.3, 0.4) is 0 Å². The van der Waals surface area contributed by atoms with Crippen molar-refractivity contribution in [3.8, 4) is 0 Å². The normalized spacial score (nSPS) is 10.7. The Labute approximate surface area is 127 Å². The van der Waals surface area contributed by atoms with Gasteiger partial charge in [0.15, 0.2) is 5.82 Å². The fourth-order valence-electron chi connectivity index (χ4n) is 1.67. The van der Waals surface area contributed by atoms with Crippen LogP contribution in [0.5, 0.6) is 0 Å². The van der Waals surface area contributed by atoms with Gasteiger partial charge in [-0.05, 0) is 25.5 Å². The maximum absolute atomic E-state index is 5.89.